The van der Waals surface area contributed by atoms with Gasteiger partial charge in [0.15, 0.2) is 0 Å². The summed E-state index contributed by atoms with van der Waals surface area (Å²) < 4.78 is 78.2. The molecule has 2 aromatic rings. The zero-order valence-electron chi connectivity index (χ0n) is 27.5. The number of unbranched alkanes of at least 4 members (excludes halogenated alkanes) is 1. The molecule has 0 unspecified atom stereocenters. The summed E-state index contributed by atoms with van der Waals surface area (Å²) in [5, 5.41) is 3.23. The number of carbonyl (C=O) groups is 2. The van der Waals surface area contributed by atoms with E-state index in [1.807, 2.05) is 13.8 Å². The minimum atomic E-state index is -4.48. The van der Waals surface area contributed by atoms with Crippen LogP contribution in [0.1, 0.15) is 61.8 Å². The summed E-state index contributed by atoms with van der Waals surface area (Å²) >= 11 is 0. The maximum atomic E-state index is 13.9. The van der Waals surface area contributed by atoms with Gasteiger partial charge in [-0.3, -0.25) is 9.59 Å². The molecular weight excluding hydrogens is 638 g/mol. The van der Waals surface area contributed by atoms with Gasteiger partial charge in [-0.25, -0.2) is 0 Å². The number of nitrogens with two attached hydrogens (primary N) is 3. The van der Waals surface area contributed by atoms with Gasteiger partial charge in [0, 0.05) is 38.3 Å². The second-order valence-electron chi connectivity index (χ2n) is 13.0. The van der Waals surface area contributed by atoms with Gasteiger partial charge in [0.25, 0.3) is 0 Å². The number of nitrogens with zero attached hydrogens (tertiary/aromatic N) is 2. The molecule has 1 saturated heterocycles. The number of piperazine rings is 1. The van der Waals surface area contributed by atoms with Crippen molar-refractivity contribution in [3.05, 3.63) is 70.8 Å². The van der Waals surface area contributed by atoms with Crippen LogP contribution in [0.4, 0.5) is 26.3 Å². The predicted molar refractivity (Wildman–Crippen MR) is 172 cm³/mol. The second kappa shape index (κ2) is 17.5. The number of benzene rings is 2. The van der Waals surface area contributed by atoms with Crippen LogP contribution in [-0.4, -0.2) is 78.5 Å². The van der Waals surface area contributed by atoms with E-state index >= 15 is 0 Å². The lowest BCUT2D eigenvalue weighted by atomic mass is 9.93. The van der Waals surface area contributed by atoms with Gasteiger partial charge in [0.05, 0.1) is 23.2 Å². The van der Waals surface area contributed by atoms with E-state index in [1.165, 1.54) is 24.3 Å². The van der Waals surface area contributed by atoms with Crippen LogP contribution in [0.25, 0.3) is 0 Å². The number of halogens is 6. The van der Waals surface area contributed by atoms with E-state index in [0.717, 1.165) is 43.7 Å². The maximum Gasteiger partial charge on any atom is 0.416 e. The molecule has 0 radical (unpaired) electrons. The molecule has 0 saturated carbocycles. The molecule has 0 spiro atoms. The van der Waals surface area contributed by atoms with E-state index in [9.17, 15) is 35.9 Å². The first kappa shape index (κ1) is 39.2. The van der Waals surface area contributed by atoms with Crippen molar-refractivity contribution < 1.29 is 35.9 Å². The summed E-state index contributed by atoms with van der Waals surface area (Å²) in [7, 11) is 0. The lowest BCUT2D eigenvalue weighted by Gasteiger charge is -2.48. The largest absolute Gasteiger partial charge is 0.416 e. The molecule has 4 atom stereocenters. The van der Waals surface area contributed by atoms with Crippen molar-refractivity contribution in [1.82, 2.24) is 15.1 Å². The van der Waals surface area contributed by atoms with Gasteiger partial charge in [0.1, 0.15) is 0 Å². The molecule has 0 bridgehead atoms. The number of alkyl halides is 6. The number of hydrogen-bond acceptors (Lipinski definition) is 6. The maximum absolute atomic E-state index is 13.9. The molecule has 0 aromatic heterocycles. The average Bonchev–Trinajstić information content (AvgIpc) is 3.01. The Kier molecular flexibility index (Phi) is 14.3. The third kappa shape index (κ3) is 11.5. The molecule has 0 aliphatic carbocycles. The Labute approximate surface area is 278 Å². The van der Waals surface area contributed by atoms with Gasteiger partial charge in [0.2, 0.25) is 11.8 Å². The normalized spacial score (nSPS) is 18.7. The molecular formula is C34H48F6N6O2. The quantitative estimate of drug-likeness (QED) is 0.163. The Morgan fingerprint density at radius 2 is 1.19 bits per heavy atom. The third-order valence-electron chi connectivity index (χ3n) is 8.58. The minimum absolute atomic E-state index is 0.0404. The van der Waals surface area contributed by atoms with E-state index in [1.54, 1.807) is 9.80 Å². The highest BCUT2D eigenvalue weighted by Crippen LogP contribution is 2.31. The first-order valence-corrected chi connectivity index (χ1v) is 16.4. The van der Waals surface area contributed by atoms with Crippen molar-refractivity contribution in [3.63, 3.8) is 0 Å². The molecule has 14 heteroatoms. The average molecular weight is 687 g/mol. The van der Waals surface area contributed by atoms with E-state index in [4.69, 9.17) is 17.2 Å². The Bertz CT molecular complexity index is 1300. The third-order valence-corrected chi connectivity index (χ3v) is 8.58. The summed E-state index contributed by atoms with van der Waals surface area (Å²) in [6.07, 6.45) is -6.22. The number of hydrogen-bond donors (Lipinski definition) is 4. The van der Waals surface area contributed by atoms with Gasteiger partial charge >= 0.3 is 12.4 Å². The minimum Gasteiger partial charge on any atom is -0.335 e. The van der Waals surface area contributed by atoms with E-state index < -0.39 is 41.6 Å². The van der Waals surface area contributed by atoms with Crippen molar-refractivity contribution in [3.8, 4) is 0 Å². The molecule has 7 N–H and O–H groups in total. The van der Waals surface area contributed by atoms with Crippen LogP contribution in [0.3, 0.4) is 0 Å². The number of rotatable bonds is 15. The molecule has 8 nitrogen and oxygen atoms in total. The van der Waals surface area contributed by atoms with Gasteiger partial charge < -0.3 is 32.3 Å². The Balaban J connectivity index is 1.80. The van der Waals surface area contributed by atoms with Crippen LogP contribution in [0.2, 0.25) is 0 Å². The van der Waals surface area contributed by atoms with Crippen molar-refractivity contribution >= 4 is 11.8 Å². The second-order valence-corrected chi connectivity index (χ2v) is 13.0. The van der Waals surface area contributed by atoms with E-state index in [-0.39, 0.29) is 49.7 Å². The highest BCUT2D eigenvalue weighted by molar-refractivity contribution is 5.85. The highest BCUT2D eigenvalue weighted by Gasteiger charge is 2.41. The van der Waals surface area contributed by atoms with Crippen LogP contribution in [0, 0.1) is 5.92 Å². The summed E-state index contributed by atoms with van der Waals surface area (Å²) in [6.45, 7) is 6.29. The number of carbonyl (C=O) groups excluding carboxylic acids is 2. The zero-order chi connectivity index (χ0) is 35.6. The Morgan fingerprint density at radius 3 is 1.60 bits per heavy atom. The molecule has 3 rings (SSSR count). The zero-order valence-corrected chi connectivity index (χ0v) is 27.5. The first-order valence-electron chi connectivity index (χ1n) is 16.4. The molecule has 2 amide bonds. The van der Waals surface area contributed by atoms with Crippen LogP contribution < -0.4 is 22.5 Å². The number of nitrogens with one attached hydrogen (secondary N) is 1. The van der Waals surface area contributed by atoms with E-state index in [0.29, 0.717) is 37.1 Å². The SMILES string of the molecule is CC(C)C[C@@H]1CN(C(=O)[C@H](N)Cc2ccc(C(F)(F)F)cc2)[C@@H](CCCCNCCN)CN1C(=O)[C@H](N)Cc1ccc(C(F)(F)F)cc1. The first-order chi connectivity index (χ1) is 22.5. The fourth-order valence-electron chi connectivity index (χ4n) is 6.11. The molecule has 48 heavy (non-hydrogen) atoms. The Morgan fingerprint density at radius 1 is 0.750 bits per heavy atom. The van der Waals surface area contributed by atoms with Gasteiger partial charge in [-0.2, -0.15) is 26.3 Å². The Hall–Kier alpha value is -3.20. The topological polar surface area (TPSA) is 131 Å². The molecule has 268 valence electrons. The highest BCUT2D eigenvalue weighted by atomic mass is 19.4. The lowest BCUT2D eigenvalue weighted by Crippen LogP contribution is -2.65. The van der Waals surface area contributed by atoms with Crippen molar-refractivity contribution in [1.29, 1.82) is 0 Å². The number of amides is 2. The standard InChI is InChI=1S/C34H48F6N6O2/c1-22(2)17-28-21-45(31(47)29(42)18-23-6-10-25(11-7-23)33(35,36)37)27(5-3-4-15-44-16-14-41)20-46(28)32(48)30(43)19-24-8-12-26(13-9-24)34(38,39)40/h6-13,22,27-30,44H,3-5,14-21,41-43H2,1-2H3/t27-,28+,29+,30+/m0/s1. The summed E-state index contributed by atoms with van der Waals surface area (Å²) in [5.74, 6) is -0.549. The van der Waals surface area contributed by atoms with Crippen molar-refractivity contribution in [2.75, 3.05) is 32.7 Å². The van der Waals surface area contributed by atoms with Crippen molar-refractivity contribution in [2.45, 2.75) is 88.9 Å². The van der Waals surface area contributed by atoms with Crippen molar-refractivity contribution in [2.24, 2.45) is 23.1 Å². The van der Waals surface area contributed by atoms with Crippen LogP contribution in [0.15, 0.2) is 48.5 Å². The molecule has 1 aliphatic rings. The lowest BCUT2D eigenvalue weighted by molar-refractivity contribution is -0.149. The molecule has 1 aliphatic heterocycles. The summed E-state index contributed by atoms with van der Waals surface area (Å²) in [6, 6.07) is 6.31. The van der Waals surface area contributed by atoms with Crippen LogP contribution in [-0.2, 0) is 34.8 Å². The van der Waals surface area contributed by atoms with Gasteiger partial charge in [-0.1, -0.05) is 44.5 Å². The molecule has 1 fully saturated rings. The fraction of sp³-hybridized carbons (Fsp3) is 0.588. The summed E-state index contributed by atoms with van der Waals surface area (Å²) in [5.41, 5.74) is 17.7. The monoisotopic (exact) mass is 686 g/mol. The van der Waals surface area contributed by atoms with Gasteiger partial charge in [-0.15, -0.1) is 0 Å². The van der Waals surface area contributed by atoms with Crippen LogP contribution in [0.5, 0.6) is 0 Å². The van der Waals surface area contributed by atoms with Gasteiger partial charge in [-0.05, 0) is 80.0 Å². The summed E-state index contributed by atoms with van der Waals surface area (Å²) in [4.78, 5) is 31.1. The fourth-order valence-corrected chi connectivity index (χ4v) is 6.11. The van der Waals surface area contributed by atoms with E-state index in [2.05, 4.69) is 5.32 Å². The van der Waals surface area contributed by atoms with Crippen LogP contribution >= 0.6 is 0 Å². The molecule has 2 aromatic carbocycles. The smallest absolute Gasteiger partial charge is 0.335 e. The molecule has 1 heterocycles. The predicted octanol–water partition coefficient (Wildman–Crippen LogP) is 4.34.